The molecule has 0 aliphatic rings. The third-order valence-corrected chi connectivity index (χ3v) is 2.87. The van der Waals surface area contributed by atoms with Gasteiger partial charge >= 0.3 is 0 Å². The van der Waals surface area contributed by atoms with E-state index in [-0.39, 0.29) is 5.82 Å². The zero-order valence-corrected chi connectivity index (χ0v) is 10.7. The summed E-state index contributed by atoms with van der Waals surface area (Å²) in [6.45, 7) is 1.97. The van der Waals surface area contributed by atoms with E-state index in [0.717, 1.165) is 22.5 Å². The third-order valence-electron chi connectivity index (χ3n) is 2.65. The molecule has 2 nitrogen and oxygen atoms in total. The Hall–Kier alpha value is -1.94. The van der Waals surface area contributed by atoms with Crippen molar-refractivity contribution in [1.82, 2.24) is 0 Å². The number of benzene rings is 2. The number of thiocarbonyl (C=S) groups is 1. The van der Waals surface area contributed by atoms with Crippen molar-refractivity contribution in [3.63, 3.8) is 0 Å². The molecule has 2 aromatic rings. The molecule has 0 heterocycles. The molecule has 0 aliphatic heterocycles. The number of anilines is 2. The van der Waals surface area contributed by atoms with Gasteiger partial charge < -0.3 is 11.1 Å². The molecule has 0 saturated heterocycles. The number of nitrogens with one attached hydrogen (secondary N) is 1. The van der Waals surface area contributed by atoms with Crippen molar-refractivity contribution in [2.24, 2.45) is 5.73 Å². The first kappa shape index (κ1) is 12.5. The molecule has 3 N–H and O–H groups in total. The highest BCUT2D eigenvalue weighted by Gasteiger charge is 2.08. The van der Waals surface area contributed by atoms with Crippen LogP contribution in [0.25, 0.3) is 0 Å². The van der Waals surface area contributed by atoms with Gasteiger partial charge in [-0.25, -0.2) is 4.39 Å². The molecule has 0 atom stereocenters. The predicted octanol–water partition coefficient (Wildman–Crippen LogP) is 3.51. The van der Waals surface area contributed by atoms with Gasteiger partial charge in [0.25, 0.3) is 0 Å². The maximum atomic E-state index is 12.8. The Balaban J connectivity index is 2.39. The number of aryl methyl sites for hydroxylation is 1. The summed E-state index contributed by atoms with van der Waals surface area (Å²) in [5, 5.41) is 3.22. The SMILES string of the molecule is Cc1cccc(C(N)=S)c1Nc1ccc(F)cc1. The standard InChI is InChI=1S/C14H13FN2S/c1-9-3-2-4-12(14(16)18)13(9)17-11-7-5-10(15)6-8-11/h2-8,17H,1H3,(H2,16,18). The lowest BCUT2D eigenvalue weighted by atomic mass is 10.1. The molecular formula is C14H13FN2S. The number of para-hydroxylation sites is 1. The van der Waals surface area contributed by atoms with Crippen molar-refractivity contribution in [1.29, 1.82) is 0 Å². The molecule has 0 saturated carbocycles. The molecule has 0 aromatic heterocycles. The molecule has 4 heteroatoms. The molecule has 0 fully saturated rings. The first-order chi connectivity index (χ1) is 8.58. The molecule has 0 amide bonds. The van der Waals surface area contributed by atoms with E-state index in [4.69, 9.17) is 18.0 Å². The average molecular weight is 260 g/mol. The van der Waals surface area contributed by atoms with Crippen molar-refractivity contribution >= 4 is 28.6 Å². The molecule has 0 aliphatic carbocycles. The van der Waals surface area contributed by atoms with Crippen LogP contribution in [-0.4, -0.2) is 4.99 Å². The van der Waals surface area contributed by atoms with Crippen molar-refractivity contribution < 1.29 is 4.39 Å². The summed E-state index contributed by atoms with van der Waals surface area (Å²) in [6.07, 6.45) is 0. The summed E-state index contributed by atoms with van der Waals surface area (Å²) in [7, 11) is 0. The number of halogens is 1. The Morgan fingerprint density at radius 1 is 1.17 bits per heavy atom. The van der Waals surface area contributed by atoms with Crippen LogP contribution in [0, 0.1) is 12.7 Å². The summed E-state index contributed by atoms with van der Waals surface area (Å²) in [4.78, 5) is 0.336. The molecule has 2 rings (SSSR count). The van der Waals surface area contributed by atoms with E-state index in [1.807, 2.05) is 25.1 Å². The molecule has 0 unspecified atom stereocenters. The van der Waals surface area contributed by atoms with Gasteiger partial charge in [-0.05, 0) is 42.8 Å². The molecule has 18 heavy (non-hydrogen) atoms. The van der Waals surface area contributed by atoms with Crippen LogP contribution in [0.4, 0.5) is 15.8 Å². The van der Waals surface area contributed by atoms with E-state index in [1.165, 1.54) is 12.1 Å². The second-order valence-corrected chi connectivity index (χ2v) is 4.43. The average Bonchev–Trinajstić information content (AvgIpc) is 2.34. The van der Waals surface area contributed by atoms with Gasteiger partial charge in [0, 0.05) is 11.3 Å². The van der Waals surface area contributed by atoms with Gasteiger partial charge in [0.1, 0.15) is 10.8 Å². The topological polar surface area (TPSA) is 38.0 Å². The van der Waals surface area contributed by atoms with Crippen LogP contribution >= 0.6 is 12.2 Å². The number of nitrogens with two attached hydrogens (primary N) is 1. The third kappa shape index (κ3) is 2.65. The van der Waals surface area contributed by atoms with Crippen LogP contribution in [0.3, 0.4) is 0 Å². The minimum Gasteiger partial charge on any atom is -0.389 e. The fourth-order valence-corrected chi connectivity index (χ4v) is 1.89. The summed E-state index contributed by atoms with van der Waals surface area (Å²) in [6, 6.07) is 11.9. The zero-order chi connectivity index (χ0) is 13.1. The van der Waals surface area contributed by atoms with Gasteiger partial charge in [0.2, 0.25) is 0 Å². The Morgan fingerprint density at radius 3 is 2.44 bits per heavy atom. The quantitative estimate of drug-likeness (QED) is 0.829. The first-order valence-corrected chi connectivity index (χ1v) is 5.91. The molecular weight excluding hydrogens is 247 g/mol. The van der Waals surface area contributed by atoms with Gasteiger partial charge in [0.05, 0.1) is 5.69 Å². The lowest BCUT2D eigenvalue weighted by molar-refractivity contribution is 0.628. The van der Waals surface area contributed by atoms with Crippen molar-refractivity contribution in [2.75, 3.05) is 5.32 Å². The summed E-state index contributed by atoms with van der Waals surface area (Å²) in [5.41, 5.74) is 9.16. The summed E-state index contributed by atoms with van der Waals surface area (Å²) in [5.74, 6) is -0.264. The van der Waals surface area contributed by atoms with Crippen LogP contribution < -0.4 is 11.1 Å². The molecule has 0 radical (unpaired) electrons. The Bertz CT molecular complexity index is 579. The first-order valence-electron chi connectivity index (χ1n) is 5.50. The minimum absolute atomic E-state index is 0.264. The monoisotopic (exact) mass is 260 g/mol. The number of rotatable bonds is 3. The van der Waals surface area contributed by atoms with E-state index in [2.05, 4.69) is 5.32 Å². The van der Waals surface area contributed by atoms with Gasteiger partial charge in [-0.3, -0.25) is 0 Å². The lowest BCUT2D eigenvalue weighted by Gasteiger charge is -2.14. The van der Waals surface area contributed by atoms with Gasteiger partial charge in [-0.1, -0.05) is 24.4 Å². The maximum absolute atomic E-state index is 12.8. The minimum atomic E-state index is -0.264. The normalized spacial score (nSPS) is 10.1. The highest BCUT2D eigenvalue weighted by Crippen LogP contribution is 2.25. The van der Waals surface area contributed by atoms with Crippen LogP contribution in [0.2, 0.25) is 0 Å². The fraction of sp³-hybridized carbons (Fsp3) is 0.0714. The molecule has 2 aromatic carbocycles. The Morgan fingerprint density at radius 2 is 1.83 bits per heavy atom. The Kier molecular flexibility index (Phi) is 3.58. The van der Waals surface area contributed by atoms with Gasteiger partial charge in [0.15, 0.2) is 0 Å². The summed E-state index contributed by atoms with van der Waals surface area (Å²) >= 11 is 5.02. The van der Waals surface area contributed by atoms with E-state index in [0.29, 0.717) is 4.99 Å². The van der Waals surface area contributed by atoms with E-state index >= 15 is 0 Å². The van der Waals surface area contributed by atoms with Gasteiger partial charge in [-0.2, -0.15) is 0 Å². The fourth-order valence-electron chi connectivity index (χ4n) is 1.72. The van der Waals surface area contributed by atoms with Gasteiger partial charge in [-0.15, -0.1) is 0 Å². The second kappa shape index (κ2) is 5.14. The highest BCUT2D eigenvalue weighted by molar-refractivity contribution is 7.80. The van der Waals surface area contributed by atoms with Crippen LogP contribution in [0.5, 0.6) is 0 Å². The molecule has 0 bridgehead atoms. The van der Waals surface area contributed by atoms with E-state index in [1.54, 1.807) is 12.1 Å². The largest absolute Gasteiger partial charge is 0.389 e. The number of hydrogen-bond donors (Lipinski definition) is 2. The Labute approximate surface area is 111 Å². The molecule has 92 valence electrons. The van der Waals surface area contributed by atoms with E-state index < -0.39 is 0 Å². The predicted molar refractivity (Wildman–Crippen MR) is 76.7 cm³/mol. The van der Waals surface area contributed by atoms with E-state index in [9.17, 15) is 4.39 Å². The van der Waals surface area contributed by atoms with Crippen LogP contribution in [0.15, 0.2) is 42.5 Å². The van der Waals surface area contributed by atoms with Crippen molar-refractivity contribution in [2.45, 2.75) is 6.92 Å². The maximum Gasteiger partial charge on any atom is 0.123 e. The van der Waals surface area contributed by atoms with Crippen LogP contribution in [0.1, 0.15) is 11.1 Å². The smallest absolute Gasteiger partial charge is 0.123 e. The number of hydrogen-bond acceptors (Lipinski definition) is 2. The summed E-state index contributed by atoms with van der Waals surface area (Å²) < 4.78 is 12.8. The lowest BCUT2D eigenvalue weighted by Crippen LogP contribution is -2.12. The highest BCUT2D eigenvalue weighted by atomic mass is 32.1. The van der Waals surface area contributed by atoms with Crippen LogP contribution in [-0.2, 0) is 0 Å². The van der Waals surface area contributed by atoms with Crippen molar-refractivity contribution in [3.05, 3.63) is 59.4 Å². The van der Waals surface area contributed by atoms with Crippen molar-refractivity contribution in [3.8, 4) is 0 Å². The zero-order valence-electron chi connectivity index (χ0n) is 9.91. The molecule has 0 spiro atoms. The second-order valence-electron chi connectivity index (χ2n) is 3.99.